The zero-order valence-electron chi connectivity index (χ0n) is 14.6. The van der Waals surface area contributed by atoms with Crippen LogP contribution in [0.15, 0.2) is 0 Å². The minimum absolute atomic E-state index is 0.0451. The number of hydrogen-bond donors (Lipinski definition) is 4. The second-order valence-electron chi connectivity index (χ2n) is 6.60. The fourth-order valence-electron chi connectivity index (χ4n) is 1.66. The van der Waals surface area contributed by atoms with Crippen LogP contribution >= 0.6 is 0 Å². The monoisotopic (exact) mass is 334 g/mol. The Bertz CT molecular complexity index is 273. The molecule has 0 bridgehead atoms. The molecular formula is C17H34O6. The lowest BCUT2D eigenvalue weighted by atomic mass is 9.97. The summed E-state index contributed by atoms with van der Waals surface area (Å²) >= 11 is 0. The lowest BCUT2D eigenvalue weighted by Crippen LogP contribution is -2.20. The van der Waals surface area contributed by atoms with Gasteiger partial charge in [0.05, 0.1) is 13.2 Å². The number of aliphatic hydroxyl groups is 2. The summed E-state index contributed by atoms with van der Waals surface area (Å²) in [6.45, 7) is 3.69. The van der Waals surface area contributed by atoms with Crippen molar-refractivity contribution in [3.8, 4) is 0 Å². The first-order chi connectivity index (χ1) is 10.7. The fourth-order valence-corrected chi connectivity index (χ4v) is 1.66. The van der Waals surface area contributed by atoms with Gasteiger partial charge in [-0.3, -0.25) is 9.59 Å². The van der Waals surface area contributed by atoms with Crippen LogP contribution in [0.4, 0.5) is 0 Å². The van der Waals surface area contributed by atoms with E-state index in [-0.39, 0.29) is 31.5 Å². The summed E-state index contributed by atoms with van der Waals surface area (Å²) in [6, 6.07) is 0. The molecule has 0 fully saturated rings. The fraction of sp³-hybridized carbons (Fsp3) is 0.882. The number of carboxylic acids is 2. The van der Waals surface area contributed by atoms with Crippen LogP contribution in [0.2, 0.25) is 0 Å². The number of carboxylic acid groups (broad SMARTS) is 2. The van der Waals surface area contributed by atoms with Gasteiger partial charge in [0.15, 0.2) is 0 Å². The van der Waals surface area contributed by atoms with Crippen molar-refractivity contribution >= 4 is 11.9 Å². The van der Waals surface area contributed by atoms with E-state index in [1.54, 1.807) is 13.8 Å². The topological polar surface area (TPSA) is 115 Å². The Balaban J connectivity index is 0. The van der Waals surface area contributed by atoms with E-state index in [0.29, 0.717) is 0 Å². The van der Waals surface area contributed by atoms with Gasteiger partial charge in [-0.2, -0.15) is 0 Å². The molecule has 23 heavy (non-hydrogen) atoms. The average molecular weight is 334 g/mol. The van der Waals surface area contributed by atoms with E-state index in [1.165, 1.54) is 0 Å². The van der Waals surface area contributed by atoms with Crippen LogP contribution in [0.5, 0.6) is 0 Å². The van der Waals surface area contributed by atoms with Gasteiger partial charge in [0.1, 0.15) is 0 Å². The Labute approximate surface area is 139 Å². The normalized spacial score (nSPS) is 10.8. The molecular weight excluding hydrogens is 300 g/mol. The molecule has 0 spiro atoms. The highest BCUT2D eigenvalue weighted by Gasteiger charge is 2.13. The summed E-state index contributed by atoms with van der Waals surface area (Å²) in [4.78, 5) is 20.4. The van der Waals surface area contributed by atoms with E-state index in [9.17, 15) is 9.59 Å². The second-order valence-corrected chi connectivity index (χ2v) is 6.60. The molecule has 0 saturated carbocycles. The Kier molecular flexibility index (Phi) is 16.5. The molecule has 0 radical (unpaired) electrons. The van der Waals surface area contributed by atoms with E-state index < -0.39 is 11.9 Å². The number of aliphatic carboxylic acids is 2. The molecule has 0 aliphatic heterocycles. The van der Waals surface area contributed by atoms with Gasteiger partial charge < -0.3 is 20.4 Å². The summed E-state index contributed by atoms with van der Waals surface area (Å²) < 4.78 is 0. The minimum atomic E-state index is -0.714. The van der Waals surface area contributed by atoms with Gasteiger partial charge in [-0.15, -0.1) is 0 Å². The third-order valence-electron chi connectivity index (χ3n) is 3.39. The van der Waals surface area contributed by atoms with Crippen LogP contribution in [0.1, 0.15) is 78.1 Å². The van der Waals surface area contributed by atoms with Crippen LogP contribution in [0, 0.1) is 5.41 Å². The average Bonchev–Trinajstić information content (AvgIpc) is 2.49. The molecule has 6 heteroatoms. The van der Waals surface area contributed by atoms with Crippen molar-refractivity contribution in [3.05, 3.63) is 0 Å². The number of hydrogen-bond acceptors (Lipinski definition) is 4. The SMILES string of the molecule is CC(C)(CO)CO.O=C(O)CCCCCCCCCCC(=O)O. The third kappa shape index (κ3) is 23.3. The third-order valence-corrected chi connectivity index (χ3v) is 3.39. The quantitative estimate of drug-likeness (QED) is 0.385. The Morgan fingerprint density at radius 1 is 0.652 bits per heavy atom. The van der Waals surface area contributed by atoms with E-state index in [1.807, 2.05) is 0 Å². The van der Waals surface area contributed by atoms with Crippen molar-refractivity contribution in [1.82, 2.24) is 0 Å². The number of aliphatic hydroxyl groups excluding tert-OH is 2. The predicted octanol–water partition coefficient (Wildman–Crippen LogP) is 3.05. The van der Waals surface area contributed by atoms with E-state index in [4.69, 9.17) is 20.4 Å². The summed E-state index contributed by atoms with van der Waals surface area (Å²) in [6.07, 6.45) is 8.51. The summed E-state index contributed by atoms with van der Waals surface area (Å²) in [5.74, 6) is -1.43. The molecule has 0 aliphatic rings. The summed E-state index contributed by atoms with van der Waals surface area (Å²) in [5.41, 5.74) is -0.306. The van der Waals surface area contributed by atoms with Crippen molar-refractivity contribution in [2.45, 2.75) is 78.1 Å². The highest BCUT2D eigenvalue weighted by molar-refractivity contribution is 5.66. The highest BCUT2D eigenvalue weighted by atomic mass is 16.4. The van der Waals surface area contributed by atoms with E-state index >= 15 is 0 Å². The van der Waals surface area contributed by atoms with Crippen LogP contribution in [0.3, 0.4) is 0 Å². The largest absolute Gasteiger partial charge is 0.481 e. The van der Waals surface area contributed by atoms with Crippen molar-refractivity contribution in [3.63, 3.8) is 0 Å². The first-order valence-corrected chi connectivity index (χ1v) is 8.40. The summed E-state index contributed by atoms with van der Waals surface area (Å²) in [5, 5.41) is 33.7. The molecule has 0 aromatic rings. The molecule has 0 unspecified atom stereocenters. The molecule has 0 aromatic heterocycles. The van der Waals surface area contributed by atoms with Crippen LogP contribution in [-0.4, -0.2) is 45.6 Å². The molecule has 0 aliphatic carbocycles. The van der Waals surface area contributed by atoms with Gasteiger partial charge in [0, 0.05) is 18.3 Å². The molecule has 6 nitrogen and oxygen atoms in total. The van der Waals surface area contributed by atoms with Crippen molar-refractivity contribution in [1.29, 1.82) is 0 Å². The van der Waals surface area contributed by atoms with Gasteiger partial charge in [0.25, 0.3) is 0 Å². The van der Waals surface area contributed by atoms with Gasteiger partial charge in [-0.25, -0.2) is 0 Å². The lowest BCUT2D eigenvalue weighted by molar-refractivity contribution is -0.138. The standard InChI is InChI=1S/C12H22O4.C5H12O2/c13-11(14)9-7-5-3-1-2-4-6-8-10-12(15)16;1-5(2,3-6)4-7/h1-10H2,(H,13,14)(H,15,16);6-7H,3-4H2,1-2H3. The minimum Gasteiger partial charge on any atom is -0.481 e. The maximum Gasteiger partial charge on any atom is 0.303 e. The number of rotatable bonds is 13. The zero-order valence-corrected chi connectivity index (χ0v) is 14.6. The van der Waals surface area contributed by atoms with Crippen LogP contribution < -0.4 is 0 Å². The Morgan fingerprint density at radius 3 is 1.09 bits per heavy atom. The summed E-state index contributed by atoms with van der Waals surface area (Å²) in [7, 11) is 0. The first kappa shape index (κ1) is 24.1. The molecule has 0 rings (SSSR count). The Hall–Kier alpha value is -1.14. The van der Waals surface area contributed by atoms with Gasteiger partial charge in [0.2, 0.25) is 0 Å². The van der Waals surface area contributed by atoms with E-state index in [2.05, 4.69) is 0 Å². The smallest absolute Gasteiger partial charge is 0.303 e. The van der Waals surface area contributed by atoms with Gasteiger partial charge >= 0.3 is 11.9 Å². The highest BCUT2D eigenvalue weighted by Crippen LogP contribution is 2.11. The van der Waals surface area contributed by atoms with Gasteiger partial charge in [-0.05, 0) is 12.8 Å². The first-order valence-electron chi connectivity index (χ1n) is 8.40. The number of carbonyl (C=O) groups is 2. The van der Waals surface area contributed by atoms with Crippen LogP contribution in [-0.2, 0) is 9.59 Å². The Morgan fingerprint density at radius 2 is 0.913 bits per heavy atom. The van der Waals surface area contributed by atoms with E-state index in [0.717, 1.165) is 51.4 Å². The molecule has 0 atom stereocenters. The second kappa shape index (κ2) is 15.7. The maximum absolute atomic E-state index is 10.2. The lowest BCUT2D eigenvalue weighted by Gasteiger charge is -2.16. The molecule has 0 heterocycles. The molecule has 0 saturated heterocycles. The zero-order chi connectivity index (χ0) is 18.1. The van der Waals surface area contributed by atoms with Crippen LogP contribution in [0.25, 0.3) is 0 Å². The van der Waals surface area contributed by atoms with Crippen molar-refractivity contribution in [2.24, 2.45) is 5.41 Å². The molecule has 138 valence electrons. The van der Waals surface area contributed by atoms with Gasteiger partial charge in [-0.1, -0.05) is 52.4 Å². The van der Waals surface area contributed by atoms with Crippen molar-refractivity contribution < 1.29 is 30.0 Å². The predicted molar refractivity (Wildman–Crippen MR) is 89.4 cm³/mol. The van der Waals surface area contributed by atoms with Crippen molar-refractivity contribution in [2.75, 3.05) is 13.2 Å². The molecule has 4 N–H and O–H groups in total. The molecule has 0 amide bonds. The maximum atomic E-state index is 10.2. The molecule has 0 aromatic carbocycles. The number of unbranched alkanes of at least 4 members (excludes halogenated alkanes) is 7.